The third-order valence-corrected chi connectivity index (χ3v) is 5.33. The second kappa shape index (κ2) is 7.94. The van der Waals surface area contributed by atoms with Gasteiger partial charge in [0.05, 0.1) is 12.4 Å². The molecule has 3 heterocycles. The van der Waals surface area contributed by atoms with Crippen molar-refractivity contribution in [1.29, 1.82) is 0 Å². The van der Waals surface area contributed by atoms with Gasteiger partial charge >= 0.3 is 6.03 Å². The lowest BCUT2D eigenvalue weighted by Crippen LogP contribution is -2.52. The first-order valence-electron chi connectivity index (χ1n) is 9.84. The van der Waals surface area contributed by atoms with Gasteiger partial charge in [-0.2, -0.15) is 4.52 Å². The van der Waals surface area contributed by atoms with E-state index in [0.717, 1.165) is 43.3 Å². The molecule has 2 aromatic heterocycles. The summed E-state index contributed by atoms with van der Waals surface area (Å²) in [7, 11) is 0. The number of carbonyl (C=O) groups excluding carboxylic acids is 1. The highest BCUT2D eigenvalue weighted by Gasteiger charge is 2.23. The highest BCUT2D eigenvalue weighted by molar-refractivity contribution is 5.74. The molecule has 0 bridgehead atoms. The highest BCUT2D eigenvalue weighted by Crippen LogP contribution is 2.19. The van der Waals surface area contributed by atoms with Gasteiger partial charge in [0.1, 0.15) is 5.82 Å². The van der Waals surface area contributed by atoms with Crippen molar-refractivity contribution in [2.45, 2.75) is 39.0 Å². The van der Waals surface area contributed by atoms with Crippen LogP contribution in [0.4, 0.5) is 10.6 Å². The van der Waals surface area contributed by atoms with Crippen molar-refractivity contribution in [2.75, 3.05) is 37.6 Å². The predicted octanol–water partition coefficient (Wildman–Crippen LogP) is 2.15. The zero-order chi connectivity index (χ0) is 18.6. The van der Waals surface area contributed by atoms with Gasteiger partial charge in [-0.3, -0.25) is 4.98 Å². The normalized spacial score (nSPS) is 17.9. The minimum Gasteiger partial charge on any atom is -0.352 e. The van der Waals surface area contributed by atoms with Gasteiger partial charge in [-0.1, -0.05) is 11.6 Å². The molecule has 8 nitrogen and oxygen atoms in total. The molecule has 1 N–H and O–H groups in total. The molecular weight excluding hydrogens is 342 g/mol. The number of nitrogens with zero attached hydrogens (tertiary/aromatic N) is 6. The Morgan fingerprint density at radius 2 is 2.04 bits per heavy atom. The second-order valence-electron chi connectivity index (χ2n) is 7.26. The number of piperazine rings is 1. The van der Waals surface area contributed by atoms with Gasteiger partial charge in [0.2, 0.25) is 0 Å². The smallest absolute Gasteiger partial charge is 0.317 e. The van der Waals surface area contributed by atoms with Crippen LogP contribution in [-0.2, 0) is 0 Å². The van der Waals surface area contributed by atoms with Gasteiger partial charge in [0.25, 0.3) is 0 Å². The fourth-order valence-electron chi connectivity index (χ4n) is 3.84. The number of hydrogen-bond acceptors (Lipinski definition) is 5. The Labute approximate surface area is 159 Å². The van der Waals surface area contributed by atoms with Crippen molar-refractivity contribution in [1.82, 2.24) is 29.8 Å². The maximum absolute atomic E-state index is 12.4. The molecular formula is C19H27N7O. The fraction of sp³-hybridized carbons (Fsp3) is 0.579. The van der Waals surface area contributed by atoms with Crippen molar-refractivity contribution in [3.8, 4) is 0 Å². The maximum Gasteiger partial charge on any atom is 0.317 e. The van der Waals surface area contributed by atoms with Crippen LogP contribution in [0.15, 0.2) is 24.0 Å². The average Bonchev–Trinajstić information content (AvgIpc) is 3.09. The second-order valence-corrected chi connectivity index (χ2v) is 7.26. The molecule has 1 aliphatic carbocycles. The molecule has 8 heteroatoms. The van der Waals surface area contributed by atoms with Crippen molar-refractivity contribution >= 4 is 17.5 Å². The number of anilines is 1. The number of rotatable bonds is 4. The van der Waals surface area contributed by atoms with Crippen molar-refractivity contribution in [3.05, 3.63) is 29.9 Å². The van der Waals surface area contributed by atoms with Gasteiger partial charge < -0.3 is 15.1 Å². The summed E-state index contributed by atoms with van der Waals surface area (Å²) >= 11 is 0. The molecule has 0 saturated carbocycles. The summed E-state index contributed by atoms with van der Waals surface area (Å²) in [5.74, 6) is 1.66. The van der Waals surface area contributed by atoms with Gasteiger partial charge in [0, 0.05) is 32.7 Å². The summed E-state index contributed by atoms with van der Waals surface area (Å²) in [5, 5.41) is 7.53. The molecule has 2 amide bonds. The molecule has 2 aromatic rings. The van der Waals surface area contributed by atoms with E-state index in [-0.39, 0.29) is 6.03 Å². The summed E-state index contributed by atoms with van der Waals surface area (Å²) < 4.78 is 1.83. The van der Waals surface area contributed by atoms with E-state index in [2.05, 4.69) is 31.4 Å². The molecule has 144 valence electrons. The number of aryl methyl sites for hydroxylation is 1. The van der Waals surface area contributed by atoms with Crippen molar-refractivity contribution in [2.24, 2.45) is 0 Å². The number of carbonyl (C=O) groups is 1. The first-order chi connectivity index (χ1) is 13.2. The Morgan fingerprint density at radius 3 is 2.81 bits per heavy atom. The molecule has 0 radical (unpaired) electrons. The number of fused-ring (bicyclic) bond motifs is 1. The molecule has 2 aliphatic rings. The SMILES string of the molecule is Cc1nc2cncc(N3CCN(C(=O)NCCC4=CCCCC4)CC3)n2n1. The quantitative estimate of drug-likeness (QED) is 0.836. The van der Waals surface area contributed by atoms with Gasteiger partial charge in [0.15, 0.2) is 11.5 Å². The van der Waals surface area contributed by atoms with Crippen molar-refractivity contribution < 1.29 is 4.79 Å². The fourth-order valence-corrected chi connectivity index (χ4v) is 3.84. The summed E-state index contributed by atoms with van der Waals surface area (Å²) in [6, 6.07) is 0.0407. The molecule has 0 atom stereocenters. The van der Waals surface area contributed by atoms with E-state index in [9.17, 15) is 4.79 Å². The first-order valence-corrected chi connectivity index (χ1v) is 9.84. The Morgan fingerprint density at radius 1 is 1.19 bits per heavy atom. The van der Waals surface area contributed by atoms with Crippen LogP contribution in [0.25, 0.3) is 5.65 Å². The van der Waals surface area contributed by atoms with Crippen molar-refractivity contribution in [3.63, 3.8) is 0 Å². The van der Waals surface area contributed by atoms with Crippen LogP contribution in [0.2, 0.25) is 0 Å². The lowest BCUT2D eigenvalue weighted by atomic mass is 9.97. The molecule has 1 aliphatic heterocycles. The van der Waals surface area contributed by atoms with Gasteiger partial charge in [-0.05, 0) is 39.0 Å². The van der Waals surface area contributed by atoms with Crippen LogP contribution in [0.5, 0.6) is 0 Å². The standard InChI is InChI=1S/C19H27N7O/c1-15-22-17-13-20-14-18(26(17)23-15)24-9-11-25(12-10-24)19(27)21-8-7-16-5-3-2-4-6-16/h5,13-14H,2-4,6-12H2,1H3,(H,21,27). The van der Waals surface area contributed by atoms with E-state index < -0.39 is 0 Å². The van der Waals surface area contributed by atoms with E-state index in [0.29, 0.717) is 13.1 Å². The van der Waals surface area contributed by atoms with Crippen LogP contribution in [-0.4, -0.2) is 63.2 Å². The average molecular weight is 369 g/mol. The van der Waals surface area contributed by atoms with Gasteiger partial charge in [-0.25, -0.2) is 9.78 Å². The Bertz CT molecular complexity index is 836. The lowest BCUT2D eigenvalue weighted by Gasteiger charge is -2.35. The highest BCUT2D eigenvalue weighted by atomic mass is 16.2. The van der Waals surface area contributed by atoms with Crippen LogP contribution < -0.4 is 10.2 Å². The summed E-state index contributed by atoms with van der Waals surface area (Å²) in [6.45, 7) is 5.52. The van der Waals surface area contributed by atoms with Crippen LogP contribution in [0.1, 0.15) is 37.9 Å². The van der Waals surface area contributed by atoms with E-state index in [1.807, 2.05) is 22.5 Å². The molecule has 1 fully saturated rings. The monoisotopic (exact) mass is 369 g/mol. The number of aromatic nitrogens is 4. The molecule has 0 spiro atoms. The largest absolute Gasteiger partial charge is 0.352 e. The molecule has 4 rings (SSSR count). The van der Waals surface area contributed by atoms with E-state index >= 15 is 0 Å². The third-order valence-electron chi connectivity index (χ3n) is 5.33. The Balaban J connectivity index is 1.29. The first kappa shape index (κ1) is 17.8. The summed E-state index contributed by atoms with van der Waals surface area (Å²) in [4.78, 5) is 25.2. The minimum absolute atomic E-state index is 0.0407. The Kier molecular flexibility index (Phi) is 5.22. The lowest BCUT2D eigenvalue weighted by molar-refractivity contribution is 0.194. The van der Waals surface area contributed by atoms with E-state index in [1.165, 1.54) is 31.3 Å². The zero-order valence-electron chi connectivity index (χ0n) is 15.9. The maximum atomic E-state index is 12.4. The number of allylic oxidation sites excluding steroid dienone is 1. The number of hydrogen-bond donors (Lipinski definition) is 1. The molecule has 0 unspecified atom stereocenters. The van der Waals surface area contributed by atoms with E-state index in [1.54, 1.807) is 6.20 Å². The van der Waals surface area contributed by atoms with Gasteiger partial charge in [-0.15, -0.1) is 5.10 Å². The number of amides is 2. The Hall–Kier alpha value is -2.64. The zero-order valence-corrected chi connectivity index (χ0v) is 15.9. The number of nitrogens with one attached hydrogen (secondary N) is 1. The van der Waals surface area contributed by atoms with Crippen LogP contribution >= 0.6 is 0 Å². The summed E-state index contributed by atoms with van der Waals surface area (Å²) in [5.41, 5.74) is 2.25. The third kappa shape index (κ3) is 4.04. The van der Waals surface area contributed by atoms with Crippen LogP contribution in [0.3, 0.4) is 0 Å². The topological polar surface area (TPSA) is 78.7 Å². The van der Waals surface area contributed by atoms with E-state index in [4.69, 9.17) is 0 Å². The summed E-state index contributed by atoms with van der Waals surface area (Å²) in [6.07, 6.45) is 11.8. The molecule has 1 saturated heterocycles. The molecule has 27 heavy (non-hydrogen) atoms. The van der Waals surface area contributed by atoms with Crippen LogP contribution in [0, 0.1) is 6.92 Å². The molecule has 0 aromatic carbocycles. The number of urea groups is 1. The minimum atomic E-state index is 0.0407. The predicted molar refractivity (Wildman–Crippen MR) is 104 cm³/mol.